The molecule has 1 amide bonds. The Hall–Kier alpha value is -1.67. The molecule has 2 heterocycles. The average Bonchev–Trinajstić information content (AvgIpc) is 3.09. The zero-order valence-electron chi connectivity index (χ0n) is 15.2. The molecule has 0 atom stereocenters. The van der Waals surface area contributed by atoms with E-state index in [0.717, 1.165) is 15.9 Å². The topological polar surface area (TPSA) is 141 Å². The molecule has 11 nitrogen and oxygen atoms in total. The molecule has 0 unspecified atom stereocenters. The fourth-order valence-electron chi connectivity index (χ4n) is 2.02. The first-order valence-electron chi connectivity index (χ1n) is 7.11. The van der Waals surface area contributed by atoms with E-state index >= 15 is 0 Å². The fraction of sp³-hybridized carbons (Fsp3) is 0.385. The van der Waals surface area contributed by atoms with Gasteiger partial charge in [0.1, 0.15) is 0 Å². The maximum absolute atomic E-state index is 12.5. The summed E-state index contributed by atoms with van der Waals surface area (Å²) in [6.07, 6.45) is 0. The van der Waals surface area contributed by atoms with Crippen molar-refractivity contribution in [1.82, 2.24) is 14.3 Å². The normalized spacial score (nSPS) is 10.8. The maximum Gasteiger partial charge on any atom is 1.00 e. The molecular formula is C13H15N4NaO7S2. The summed E-state index contributed by atoms with van der Waals surface area (Å²) in [6.45, 7) is 3.07. The molecule has 0 saturated heterocycles. The number of ether oxygens (including phenoxy) is 2. The van der Waals surface area contributed by atoms with Crippen molar-refractivity contribution in [2.75, 3.05) is 13.7 Å². The van der Waals surface area contributed by atoms with E-state index in [1.54, 1.807) is 6.92 Å². The zero-order chi connectivity index (χ0) is 19.6. The van der Waals surface area contributed by atoms with Crippen LogP contribution in [0.5, 0.6) is 6.01 Å². The van der Waals surface area contributed by atoms with Crippen molar-refractivity contribution in [1.29, 1.82) is 0 Å². The van der Waals surface area contributed by atoms with Crippen molar-refractivity contribution < 1.29 is 57.0 Å². The Morgan fingerprint density at radius 3 is 2.52 bits per heavy atom. The van der Waals surface area contributed by atoms with E-state index < -0.39 is 32.6 Å². The standard InChI is InChI=1S/C13H16N4O7S2.Na/c1-5-24-10(18)8-6-25-7(2)9(8)26(21,22)15-11(19)17-13(20)16(3)12(14-17)23-4;/h6H,5H2,1-4H3,(H,15,19);/q;+1/p-1. The molecule has 0 radical (unpaired) electrons. The van der Waals surface area contributed by atoms with E-state index in [1.807, 2.05) is 0 Å². The third-order valence-corrected chi connectivity index (χ3v) is 5.65. The van der Waals surface area contributed by atoms with Crippen LogP contribution in [0.2, 0.25) is 0 Å². The van der Waals surface area contributed by atoms with Gasteiger partial charge in [0.25, 0.3) is 11.7 Å². The number of sulfonamides is 1. The smallest absolute Gasteiger partial charge is 0.468 e. The number of nitrogens with zero attached hydrogens (tertiary/aromatic N) is 4. The predicted molar refractivity (Wildman–Crippen MR) is 90.4 cm³/mol. The number of carbonyl (C=O) groups excluding carboxylic acids is 2. The van der Waals surface area contributed by atoms with Gasteiger partial charge in [-0.25, -0.2) is 13.2 Å². The number of hydrogen-bond donors (Lipinski definition) is 0. The van der Waals surface area contributed by atoms with Gasteiger partial charge >= 0.3 is 35.5 Å². The predicted octanol–water partition coefficient (Wildman–Crippen LogP) is -2.13. The quantitative estimate of drug-likeness (QED) is 0.390. The number of esters is 1. The number of methoxy groups -OCH3 is 1. The molecule has 0 aliphatic rings. The van der Waals surface area contributed by atoms with Crippen LogP contribution in [-0.2, 0) is 21.8 Å². The first-order chi connectivity index (χ1) is 12.1. The van der Waals surface area contributed by atoms with Crippen molar-refractivity contribution in [3.05, 3.63) is 31.0 Å². The number of hydrogen-bond acceptors (Lipinski definition) is 9. The van der Waals surface area contributed by atoms with Gasteiger partial charge in [0.05, 0.1) is 24.2 Å². The van der Waals surface area contributed by atoms with Gasteiger partial charge in [-0.3, -0.25) is 18.8 Å². The fourth-order valence-corrected chi connectivity index (χ4v) is 4.44. The Bertz CT molecular complexity index is 1020. The van der Waals surface area contributed by atoms with Crippen LogP contribution in [0.25, 0.3) is 4.72 Å². The summed E-state index contributed by atoms with van der Waals surface area (Å²) in [5.74, 6) is -0.852. The van der Waals surface area contributed by atoms with Crippen LogP contribution < -0.4 is 40.0 Å². The van der Waals surface area contributed by atoms with Gasteiger partial charge in [-0.05, 0) is 13.8 Å². The molecule has 0 bridgehead atoms. The van der Waals surface area contributed by atoms with Crippen LogP contribution in [-0.4, -0.2) is 48.5 Å². The first kappa shape index (κ1) is 23.4. The van der Waals surface area contributed by atoms with Gasteiger partial charge in [0.2, 0.25) is 10.0 Å². The number of thiophene rings is 1. The van der Waals surface area contributed by atoms with Crippen LogP contribution in [0.15, 0.2) is 15.1 Å². The van der Waals surface area contributed by atoms with Crippen LogP contribution in [0.3, 0.4) is 0 Å². The number of amides is 1. The van der Waals surface area contributed by atoms with E-state index in [9.17, 15) is 22.8 Å². The average molecular weight is 426 g/mol. The summed E-state index contributed by atoms with van der Waals surface area (Å²) < 4.78 is 38.9. The summed E-state index contributed by atoms with van der Waals surface area (Å²) in [4.78, 5) is 35.8. The van der Waals surface area contributed by atoms with Gasteiger partial charge in [-0.1, -0.05) is 0 Å². The number of aryl methyl sites for hydroxylation is 1. The molecule has 2 rings (SSSR count). The molecule has 0 saturated carbocycles. The monoisotopic (exact) mass is 426 g/mol. The second kappa shape index (κ2) is 9.01. The van der Waals surface area contributed by atoms with Gasteiger partial charge < -0.3 is 14.2 Å². The Balaban J connectivity index is 0.00000364. The minimum atomic E-state index is -4.58. The number of aromatic nitrogens is 3. The minimum absolute atomic E-state index is 0. The van der Waals surface area contributed by atoms with Crippen molar-refractivity contribution in [3.8, 4) is 6.01 Å². The van der Waals surface area contributed by atoms with Gasteiger partial charge in [0, 0.05) is 17.3 Å². The summed E-state index contributed by atoms with van der Waals surface area (Å²) in [7, 11) is -2.07. The van der Waals surface area contributed by atoms with E-state index in [2.05, 4.69) is 9.82 Å². The molecule has 0 aliphatic carbocycles. The largest absolute Gasteiger partial charge is 1.00 e. The molecule has 2 aromatic rings. The molecule has 142 valence electrons. The molecule has 0 spiro atoms. The second-order valence-corrected chi connectivity index (χ2v) is 7.47. The Kier molecular flexibility index (Phi) is 7.80. The Morgan fingerprint density at radius 2 is 2.00 bits per heavy atom. The van der Waals surface area contributed by atoms with Gasteiger partial charge in [0.15, 0.2) is 6.03 Å². The van der Waals surface area contributed by atoms with Gasteiger partial charge in [-0.15, -0.1) is 11.3 Å². The summed E-state index contributed by atoms with van der Waals surface area (Å²) >= 11 is 0.989. The van der Waals surface area contributed by atoms with Crippen molar-refractivity contribution >= 4 is 33.4 Å². The van der Waals surface area contributed by atoms with Crippen molar-refractivity contribution in [2.24, 2.45) is 7.05 Å². The van der Waals surface area contributed by atoms with Crippen molar-refractivity contribution in [2.45, 2.75) is 18.7 Å². The van der Waals surface area contributed by atoms with E-state index in [4.69, 9.17) is 9.47 Å². The summed E-state index contributed by atoms with van der Waals surface area (Å²) in [5, 5.41) is 4.85. The van der Waals surface area contributed by atoms with E-state index in [-0.39, 0.29) is 57.3 Å². The molecular weight excluding hydrogens is 411 g/mol. The molecule has 0 aromatic carbocycles. The molecule has 0 fully saturated rings. The third-order valence-electron chi connectivity index (χ3n) is 3.17. The van der Waals surface area contributed by atoms with E-state index in [1.165, 1.54) is 26.5 Å². The Labute approximate surface area is 180 Å². The molecule has 2 aromatic heterocycles. The summed E-state index contributed by atoms with van der Waals surface area (Å²) in [6, 6.07) is -1.64. The van der Waals surface area contributed by atoms with Crippen LogP contribution in [0, 0.1) is 6.92 Å². The van der Waals surface area contributed by atoms with Crippen LogP contribution >= 0.6 is 11.3 Å². The summed E-state index contributed by atoms with van der Waals surface area (Å²) in [5.41, 5.74) is -1.16. The number of carbonyl (C=O) groups is 2. The maximum atomic E-state index is 12.5. The number of rotatable bonds is 5. The third kappa shape index (κ3) is 4.60. The Morgan fingerprint density at radius 1 is 1.37 bits per heavy atom. The van der Waals surface area contributed by atoms with Crippen LogP contribution in [0.4, 0.5) is 4.79 Å². The van der Waals surface area contributed by atoms with Crippen LogP contribution in [0.1, 0.15) is 22.2 Å². The van der Waals surface area contributed by atoms with Gasteiger partial charge in [-0.2, -0.15) is 5.10 Å². The molecule has 0 aliphatic heterocycles. The van der Waals surface area contributed by atoms with E-state index in [0.29, 0.717) is 0 Å². The zero-order valence-corrected chi connectivity index (χ0v) is 18.9. The molecule has 14 heteroatoms. The molecule has 27 heavy (non-hydrogen) atoms. The minimum Gasteiger partial charge on any atom is -0.468 e. The second-order valence-electron chi connectivity index (χ2n) is 4.84. The van der Waals surface area contributed by atoms with Crippen molar-refractivity contribution in [3.63, 3.8) is 0 Å². The first-order valence-corrected chi connectivity index (χ1v) is 9.43. The molecule has 0 N–H and O–H groups in total. The SMILES string of the molecule is CCOC(=O)c1csc(C)c1S(=O)(=O)[N-]C(=O)n1nc(OC)n(C)c1=O.[Na+].